The summed E-state index contributed by atoms with van der Waals surface area (Å²) in [6, 6.07) is 13.8. The van der Waals surface area contributed by atoms with Crippen LogP contribution in [0.3, 0.4) is 0 Å². The smallest absolute Gasteiger partial charge is 0.260 e. The van der Waals surface area contributed by atoms with E-state index in [4.69, 9.17) is 10.00 Å². The van der Waals surface area contributed by atoms with Crippen molar-refractivity contribution in [3.05, 3.63) is 48.0 Å². The first-order valence-electron chi connectivity index (χ1n) is 7.17. The third kappa shape index (κ3) is 3.24. The van der Waals surface area contributed by atoms with Gasteiger partial charge in [0.2, 0.25) is 0 Å². The quantitative estimate of drug-likeness (QED) is 0.855. The number of morpholine rings is 1. The standard InChI is InChI=1S/C16H15N3O3S/c17-12-13-4-6-14(7-5-13)15-2-1-3-16(18-15)23(20,21)19-8-10-22-11-9-19/h1-7H,8-11H2. The molecule has 118 valence electrons. The normalized spacial score (nSPS) is 16.0. The van der Waals surface area contributed by atoms with Gasteiger partial charge in [0.1, 0.15) is 0 Å². The zero-order valence-corrected chi connectivity index (χ0v) is 13.2. The van der Waals surface area contributed by atoms with Gasteiger partial charge in [0.05, 0.1) is 30.5 Å². The molecule has 0 radical (unpaired) electrons. The van der Waals surface area contributed by atoms with Crippen molar-refractivity contribution in [2.24, 2.45) is 0 Å². The zero-order chi connectivity index (χ0) is 16.3. The van der Waals surface area contributed by atoms with E-state index in [0.29, 0.717) is 37.6 Å². The maximum atomic E-state index is 12.6. The Morgan fingerprint density at radius 3 is 2.43 bits per heavy atom. The van der Waals surface area contributed by atoms with Crippen molar-refractivity contribution in [1.82, 2.24) is 9.29 Å². The van der Waals surface area contributed by atoms with Crippen molar-refractivity contribution in [1.29, 1.82) is 5.26 Å². The first-order chi connectivity index (χ1) is 11.1. The Morgan fingerprint density at radius 1 is 1.09 bits per heavy atom. The van der Waals surface area contributed by atoms with Gasteiger partial charge in [-0.05, 0) is 24.3 Å². The molecule has 0 aliphatic carbocycles. The third-order valence-corrected chi connectivity index (χ3v) is 5.41. The van der Waals surface area contributed by atoms with Crippen molar-refractivity contribution in [3.63, 3.8) is 0 Å². The lowest BCUT2D eigenvalue weighted by Crippen LogP contribution is -2.40. The van der Waals surface area contributed by atoms with Crippen LogP contribution in [-0.2, 0) is 14.8 Å². The van der Waals surface area contributed by atoms with Crippen molar-refractivity contribution >= 4 is 10.0 Å². The molecule has 3 rings (SSSR count). The Labute approximate surface area is 135 Å². The van der Waals surface area contributed by atoms with Crippen molar-refractivity contribution in [3.8, 4) is 17.3 Å². The van der Waals surface area contributed by atoms with Gasteiger partial charge in [0, 0.05) is 18.7 Å². The molecule has 1 aromatic carbocycles. The van der Waals surface area contributed by atoms with E-state index in [9.17, 15) is 8.42 Å². The minimum atomic E-state index is -3.62. The van der Waals surface area contributed by atoms with Crippen LogP contribution in [0.1, 0.15) is 5.56 Å². The van der Waals surface area contributed by atoms with E-state index in [1.54, 1.807) is 36.4 Å². The largest absolute Gasteiger partial charge is 0.379 e. The van der Waals surface area contributed by atoms with Gasteiger partial charge in [-0.1, -0.05) is 18.2 Å². The van der Waals surface area contributed by atoms with Crippen LogP contribution in [0.15, 0.2) is 47.5 Å². The number of pyridine rings is 1. The van der Waals surface area contributed by atoms with Crippen LogP contribution < -0.4 is 0 Å². The van der Waals surface area contributed by atoms with Crippen molar-refractivity contribution in [2.45, 2.75) is 5.03 Å². The predicted octanol–water partition coefficient (Wildman–Crippen LogP) is 1.64. The first-order valence-corrected chi connectivity index (χ1v) is 8.61. The minimum Gasteiger partial charge on any atom is -0.379 e. The molecule has 0 bridgehead atoms. The van der Waals surface area contributed by atoms with Gasteiger partial charge < -0.3 is 4.74 Å². The number of aromatic nitrogens is 1. The summed E-state index contributed by atoms with van der Waals surface area (Å²) in [5.74, 6) is 0. The van der Waals surface area contributed by atoms with Crippen LogP contribution in [0.2, 0.25) is 0 Å². The molecule has 23 heavy (non-hydrogen) atoms. The summed E-state index contributed by atoms with van der Waals surface area (Å²) in [4.78, 5) is 4.29. The lowest BCUT2D eigenvalue weighted by Gasteiger charge is -2.25. The number of hydrogen-bond acceptors (Lipinski definition) is 5. The zero-order valence-electron chi connectivity index (χ0n) is 12.3. The van der Waals surface area contributed by atoms with Gasteiger partial charge in [-0.3, -0.25) is 0 Å². The van der Waals surface area contributed by atoms with E-state index >= 15 is 0 Å². The summed E-state index contributed by atoms with van der Waals surface area (Å²) < 4.78 is 31.9. The van der Waals surface area contributed by atoms with Crippen molar-refractivity contribution in [2.75, 3.05) is 26.3 Å². The van der Waals surface area contributed by atoms with Crippen LogP contribution in [0.25, 0.3) is 11.3 Å². The first kappa shape index (κ1) is 15.6. The van der Waals surface area contributed by atoms with E-state index in [2.05, 4.69) is 4.98 Å². The second-order valence-corrected chi connectivity index (χ2v) is 6.95. The van der Waals surface area contributed by atoms with Gasteiger partial charge in [-0.2, -0.15) is 9.57 Å². The Balaban J connectivity index is 1.94. The molecule has 1 saturated heterocycles. The second kappa shape index (κ2) is 6.46. The van der Waals surface area contributed by atoms with Crippen LogP contribution in [-0.4, -0.2) is 44.0 Å². The fourth-order valence-electron chi connectivity index (χ4n) is 2.35. The second-order valence-electron chi connectivity index (χ2n) is 5.07. The number of nitrogens with zero attached hydrogens (tertiary/aromatic N) is 3. The molecule has 0 unspecified atom stereocenters. The fourth-order valence-corrected chi connectivity index (χ4v) is 3.71. The van der Waals surface area contributed by atoms with Gasteiger partial charge in [0.25, 0.3) is 10.0 Å². The van der Waals surface area contributed by atoms with Crippen LogP contribution in [0, 0.1) is 11.3 Å². The molecule has 1 aromatic heterocycles. The molecule has 2 heterocycles. The minimum absolute atomic E-state index is 0.0289. The molecule has 7 heteroatoms. The van der Waals surface area contributed by atoms with Crippen LogP contribution >= 0.6 is 0 Å². The van der Waals surface area contributed by atoms with Crippen LogP contribution in [0.4, 0.5) is 0 Å². The van der Waals surface area contributed by atoms with Gasteiger partial charge in [-0.25, -0.2) is 13.4 Å². The molecule has 0 saturated carbocycles. The van der Waals surface area contributed by atoms with E-state index in [1.165, 1.54) is 10.4 Å². The Hall–Kier alpha value is -2.27. The molecule has 0 atom stereocenters. The average molecular weight is 329 g/mol. The fraction of sp³-hybridized carbons (Fsp3) is 0.250. The molecule has 1 aliphatic heterocycles. The molecular formula is C16H15N3O3S. The molecule has 6 nitrogen and oxygen atoms in total. The highest BCUT2D eigenvalue weighted by Crippen LogP contribution is 2.21. The Kier molecular flexibility index (Phi) is 4.39. The topological polar surface area (TPSA) is 83.3 Å². The third-order valence-electron chi connectivity index (χ3n) is 3.61. The van der Waals surface area contributed by atoms with Gasteiger partial charge >= 0.3 is 0 Å². The maximum Gasteiger partial charge on any atom is 0.260 e. The summed E-state index contributed by atoms with van der Waals surface area (Å²) in [6.45, 7) is 1.47. The highest BCUT2D eigenvalue weighted by molar-refractivity contribution is 7.89. The number of sulfonamides is 1. The molecule has 0 spiro atoms. The van der Waals surface area contributed by atoms with E-state index < -0.39 is 10.0 Å². The molecular weight excluding hydrogens is 314 g/mol. The SMILES string of the molecule is N#Cc1ccc(-c2cccc(S(=O)(=O)N3CCOCC3)n2)cc1. The molecule has 0 amide bonds. The Bertz CT molecular complexity index is 836. The highest BCUT2D eigenvalue weighted by atomic mass is 32.2. The summed E-state index contributed by atoms with van der Waals surface area (Å²) >= 11 is 0. The summed E-state index contributed by atoms with van der Waals surface area (Å²) in [6.07, 6.45) is 0. The number of nitriles is 1. The number of benzene rings is 1. The summed E-state index contributed by atoms with van der Waals surface area (Å²) in [5.41, 5.74) is 1.87. The Morgan fingerprint density at radius 2 is 1.78 bits per heavy atom. The highest BCUT2D eigenvalue weighted by Gasteiger charge is 2.27. The predicted molar refractivity (Wildman–Crippen MR) is 84.0 cm³/mol. The lowest BCUT2D eigenvalue weighted by molar-refractivity contribution is 0.0729. The summed E-state index contributed by atoms with van der Waals surface area (Å²) in [5, 5.41) is 8.86. The van der Waals surface area contributed by atoms with E-state index in [-0.39, 0.29) is 5.03 Å². The van der Waals surface area contributed by atoms with Crippen LogP contribution in [0.5, 0.6) is 0 Å². The number of hydrogen-bond donors (Lipinski definition) is 0. The van der Waals surface area contributed by atoms with Gasteiger partial charge in [-0.15, -0.1) is 0 Å². The number of rotatable bonds is 3. The maximum absolute atomic E-state index is 12.6. The van der Waals surface area contributed by atoms with E-state index in [0.717, 1.165) is 5.56 Å². The monoisotopic (exact) mass is 329 g/mol. The van der Waals surface area contributed by atoms with E-state index in [1.807, 2.05) is 6.07 Å². The summed E-state index contributed by atoms with van der Waals surface area (Å²) in [7, 11) is -3.62. The molecule has 1 fully saturated rings. The number of ether oxygens (including phenoxy) is 1. The lowest BCUT2D eigenvalue weighted by atomic mass is 10.1. The van der Waals surface area contributed by atoms with Crippen molar-refractivity contribution < 1.29 is 13.2 Å². The van der Waals surface area contributed by atoms with Gasteiger partial charge in [0.15, 0.2) is 5.03 Å². The molecule has 0 N–H and O–H groups in total. The average Bonchev–Trinajstić information content (AvgIpc) is 2.62. The molecule has 2 aromatic rings. The molecule has 1 aliphatic rings.